The number of hydrogen-bond acceptors (Lipinski definition) is 6. The molecule has 0 aliphatic carbocycles. The number of nitro groups is 1. The van der Waals surface area contributed by atoms with Gasteiger partial charge in [-0.3, -0.25) is 15.0 Å². The van der Waals surface area contributed by atoms with Crippen molar-refractivity contribution in [2.75, 3.05) is 26.2 Å². The van der Waals surface area contributed by atoms with Crippen LogP contribution in [0.4, 0.5) is 10.5 Å². The molecule has 2 N–H and O–H groups in total. The van der Waals surface area contributed by atoms with Crippen LogP contribution in [0.15, 0.2) is 35.5 Å². The van der Waals surface area contributed by atoms with Crippen molar-refractivity contribution in [2.45, 2.75) is 32.7 Å². The molecule has 1 saturated heterocycles. The van der Waals surface area contributed by atoms with Gasteiger partial charge >= 0.3 is 12.0 Å². The lowest BCUT2D eigenvalue weighted by Crippen LogP contribution is -2.49. The van der Waals surface area contributed by atoms with Gasteiger partial charge in [0.15, 0.2) is 0 Å². The number of nitrogens with zero attached hydrogens (tertiary/aromatic N) is 2. The first-order valence-corrected chi connectivity index (χ1v) is 9.83. The van der Waals surface area contributed by atoms with E-state index in [4.69, 9.17) is 4.74 Å². The molecule has 3 rings (SSSR count). The summed E-state index contributed by atoms with van der Waals surface area (Å²) in [4.78, 5) is 37.7. The predicted octanol–water partition coefficient (Wildman–Crippen LogP) is 2.50. The molecule has 2 amide bonds. The normalized spacial score (nSPS) is 20.8. The molecule has 0 saturated carbocycles. The Labute approximate surface area is 169 Å². The van der Waals surface area contributed by atoms with E-state index in [-0.39, 0.29) is 12.3 Å². The number of non-ortho nitro benzene ring substituents is 1. The minimum Gasteiger partial charge on any atom is -0.463 e. The number of nitrogens with one attached hydrogen (secondary N) is 2. The molecule has 0 bridgehead atoms. The fraction of sp³-hybridized carbons (Fsp3) is 0.500. The van der Waals surface area contributed by atoms with Gasteiger partial charge in [0.1, 0.15) is 0 Å². The van der Waals surface area contributed by atoms with Crippen molar-refractivity contribution in [3.05, 3.63) is 51.2 Å². The Balaban J connectivity index is 1.95. The quantitative estimate of drug-likeness (QED) is 0.429. The lowest BCUT2D eigenvalue weighted by Gasteiger charge is -2.34. The summed E-state index contributed by atoms with van der Waals surface area (Å²) in [5.74, 6) is 0.156. The average Bonchev–Trinajstić information content (AvgIpc) is 2.69. The van der Waals surface area contributed by atoms with Crippen molar-refractivity contribution in [3.63, 3.8) is 0 Å². The topological polar surface area (TPSA) is 114 Å². The number of ether oxygens (including phenoxy) is 1. The van der Waals surface area contributed by atoms with Crippen molar-refractivity contribution in [1.29, 1.82) is 0 Å². The molecular formula is C20H26N4O5. The Kier molecular flexibility index (Phi) is 6.48. The Hall–Kier alpha value is -2.94. The standard InChI is InChI=1S/C20H26N4O5/c1-3-29-19(25)17-16(12-23-10-8-13(2)9-11-23)21-20(26)22-18(17)14-4-6-15(7-5-14)24(27)28/h4-7,13,18H,3,8-12H2,1-2H3,(H2,21,22,26). The van der Waals surface area contributed by atoms with Crippen LogP contribution in [-0.2, 0) is 9.53 Å². The third-order valence-corrected chi connectivity index (χ3v) is 5.34. The molecular weight excluding hydrogens is 376 g/mol. The third-order valence-electron chi connectivity index (χ3n) is 5.34. The van der Waals surface area contributed by atoms with Gasteiger partial charge in [-0.2, -0.15) is 0 Å². The summed E-state index contributed by atoms with van der Waals surface area (Å²) in [6.07, 6.45) is 2.14. The minimum absolute atomic E-state index is 0.0571. The highest BCUT2D eigenvalue weighted by atomic mass is 16.6. The van der Waals surface area contributed by atoms with Crippen LogP contribution >= 0.6 is 0 Å². The number of nitro benzene ring substituents is 1. The fourth-order valence-electron chi connectivity index (χ4n) is 3.67. The molecule has 1 unspecified atom stereocenters. The maximum Gasteiger partial charge on any atom is 0.338 e. The van der Waals surface area contributed by atoms with Crippen LogP contribution in [-0.4, -0.2) is 48.1 Å². The number of urea groups is 1. The van der Waals surface area contributed by atoms with Gasteiger partial charge in [-0.1, -0.05) is 6.92 Å². The van der Waals surface area contributed by atoms with E-state index in [0.29, 0.717) is 29.3 Å². The highest BCUT2D eigenvalue weighted by Crippen LogP contribution is 2.30. The first-order chi connectivity index (χ1) is 13.9. The van der Waals surface area contributed by atoms with Crippen molar-refractivity contribution < 1.29 is 19.2 Å². The number of benzene rings is 1. The Bertz CT molecular complexity index is 813. The number of likely N-dealkylation sites (tertiary alicyclic amines) is 1. The van der Waals surface area contributed by atoms with E-state index in [9.17, 15) is 19.7 Å². The maximum atomic E-state index is 12.8. The van der Waals surface area contributed by atoms with Crippen molar-refractivity contribution in [2.24, 2.45) is 5.92 Å². The lowest BCUT2D eigenvalue weighted by atomic mass is 9.94. The molecule has 2 aliphatic rings. The number of carbonyl (C=O) groups is 2. The Morgan fingerprint density at radius 2 is 1.93 bits per heavy atom. The summed E-state index contributed by atoms with van der Waals surface area (Å²) in [6, 6.07) is 4.67. The number of hydrogen-bond donors (Lipinski definition) is 2. The maximum absolute atomic E-state index is 12.8. The zero-order valence-electron chi connectivity index (χ0n) is 16.6. The molecule has 1 aromatic rings. The largest absolute Gasteiger partial charge is 0.463 e. The van der Waals surface area contributed by atoms with Gasteiger partial charge in [-0.05, 0) is 56.5 Å². The van der Waals surface area contributed by atoms with Crippen molar-refractivity contribution in [3.8, 4) is 0 Å². The molecule has 0 aromatic heterocycles. The molecule has 0 spiro atoms. The second kappa shape index (κ2) is 9.04. The van der Waals surface area contributed by atoms with Gasteiger partial charge in [0.25, 0.3) is 5.69 Å². The van der Waals surface area contributed by atoms with Gasteiger partial charge < -0.3 is 15.4 Å². The average molecular weight is 402 g/mol. The molecule has 156 valence electrons. The first-order valence-electron chi connectivity index (χ1n) is 9.83. The van der Waals surface area contributed by atoms with Crippen LogP contribution in [0.1, 0.15) is 38.3 Å². The summed E-state index contributed by atoms with van der Waals surface area (Å²) in [5.41, 5.74) is 1.38. The molecule has 1 aromatic carbocycles. The van der Waals surface area contributed by atoms with Crippen LogP contribution in [0.5, 0.6) is 0 Å². The zero-order chi connectivity index (χ0) is 21.0. The zero-order valence-corrected chi connectivity index (χ0v) is 16.6. The van der Waals surface area contributed by atoms with E-state index >= 15 is 0 Å². The number of amides is 2. The predicted molar refractivity (Wildman–Crippen MR) is 106 cm³/mol. The first kappa shape index (κ1) is 20.8. The number of esters is 1. The van der Waals surface area contributed by atoms with E-state index < -0.39 is 23.0 Å². The minimum atomic E-state index is -0.734. The molecule has 0 radical (unpaired) electrons. The van der Waals surface area contributed by atoms with Gasteiger partial charge in [0.05, 0.1) is 23.1 Å². The van der Waals surface area contributed by atoms with Gasteiger partial charge in [0.2, 0.25) is 0 Å². The van der Waals surface area contributed by atoms with Gasteiger partial charge in [0, 0.05) is 24.4 Å². The fourth-order valence-corrected chi connectivity index (χ4v) is 3.67. The number of piperidine rings is 1. The second-order valence-corrected chi connectivity index (χ2v) is 7.45. The number of carbonyl (C=O) groups excluding carboxylic acids is 2. The number of rotatable bonds is 6. The molecule has 9 heteroatoms. The van der Waals surface area contributed by atoms with Crippen LogP contribution in [0.25, 0.3) is 0 Å². The molecule has 1 atom stereocenters. The third kappa shape index (κ3) is 4.92. The highest BCUT2D eigenvalue weighted by Gasteiger charge is 2.34. The van der Waals surface area contributed by atoms with Gasteiger partial charge in [-0.25, -0.2) is 9.59 Å². The summed E-state index contributed by atoms with van der Waals surface area (Å²) in [5, 5.41) is 16.5. The van der Waals surface area contributed by atoms with E-state index in [1.54, 1.807) is 19.1 Å². The second-order valence-electron chi connectivity index (χ2n) is 7.45. The smallest absolute Gasteiger partial charge is 0.338 e. The molecule has 2 heterocycles. The SMILES string of the molecule is CCOC(=O)C1=C(CN2CCC(C)CC2)NC(=O)NC1c1ccc([N+](=O)[O-])cc1. The van der Waals surface area contributed by atoms with Crippen molar-refractivity contribution in [1.82, 2.24) is 15.5 Å². The molecule has 1 fully saturated rings. The monoisotopic (exact) mass is 402 g/mol. The van der Waals surface area contributed by atoms with Crippen molar-refractivity contribution >= 4 is 17.7 Å². The lowest BCUT2D eigenvalue weighted by molar-refractivity contribution is -0.384. The van der Waals surface area contributed by atoms with Crippen LogP contribution in [0.3, 0.4) is 0 Å². The van der Waals surface area contributed by atoms with E-state index in [1.807, 2.05) is 0 Å². The summed E-state index contributed by atoms with van der Waals surface area (Å²) < 4.78 is 5.25. The molecule has 29 heavy (non-hydrogen) atoms. The Morgan fingerprint density at radius 1 is 1.28 bits per heavy atom. The summed E-state index contributed by atoms with van der Waals surface area (Å²) in [6.45, 7) is 6.38. The summed E-state index contributed by atoms with van der Waals surface area (Å²) >= 11 is 0. The Morgan fingerprint density at radius 3 is 2.52 bits per heavy atom. The van der Waals surface area contributed by atoms with Crippen LogP contribution in [0, 0.1) is 16.0 Å². The molecule has 9 nitrogen and oxygen atoms in total. The van der Waals surface area contributed by atoms with E-state index in [1.165, 1.54) is 12.1 Å². The highest BCUT2D eigenvalue weighted by molar-refractivity contribution is 5.95. The molecule has 2 aliphatic heterocycles. The van der Waals surface area contributed by atoms with E-state index in [2.05, 4.69) is 22.5 Å². The van der Waals surface area contributed by atoms with E-state index in [0.717, 1.165) is 25.9 Å². The van der Waals surface area contributed by atoms with Gasteiger partial charge in [-0.15, -0.1) is 0 Å². The summed E-state index contributed by atoms with van der Waals surface area (Å²) in [7, 11) is 0. The van der Waals surface area contributed by atoms with Crippen LogP contribution in [0.2, 0.25) is 0 Å². The van der Waals surface area contributed by atoms with Crippen LogP contribution < -0.4 is 10.6 Å².